The Balaban J connectivity index is 1.69. The van der Waals surface area contributed by atoms with Crippen LogP contribution >= 0.6 is 11.3 Å². The van der Waals surface area contributed by atoms with Gasteiger partial charge < -0.3 is 16.0 Å². The number of hydrogen-bond donors (Lipinski definition) is 3. The van der Waals surface area contributed by atoms with Gasteiger partial charge in [-0.05, 0) is 51.3 Å². The summed E-state index contributed by atoms with van der Waals surface area (Å²) in [5.41, 5.74) is 1.66. The minimum atomic E-state index is -0.389. The maximum absolute atomic E-state index is 13.3. The Morgan fingerprint density at radius 3 is 2.76 bits per heavy atom. The van der Waals surface area contributed by atoms with E-state index in [2.05, 4.69) is 32.5 Å². The standard InChI is InChI=1S/C24H26N6O3S/c1-4-8-14(13-25-6-3)30-17-11-12-26-23-19(17)20(29-24(30)33)21(34-23)22(32)28-16-10-7-9-15(16)27-18(31)5-2/h4-6,8,11-13,15-16H,2,7,9-10H2,1,3H3,(H,27,31)(H,28,32)(H,29,33)/b8-4+,14-13+,25-6?. The van der Waals surface area contributed by atoms with Gasteiger partial charge in [-0.3, -0.25) is 19.5 Å². The minimum Gasteiger partial charge on any atom is -0.348 e. The van der Waals surface area contributed by atoms with Crippen LogP contribution in [0.4, 0.5) is 16.2 Å². The number of pyridine rings is 1. The summed E-state index contributed by atoms with van der Waals surface area (Å²) < 4.78 is 0. The van der Waals surface area contributed by atoms with E-state index in [1.54, 1.807) is 37.7 Å². The Hall–Kier alpha value is -3.79. The lowest BCUT2D eigenvalue weighted by Gasteiger charge is -2.29. The number of nitrogens with one attached hydrogen (secondary N) is 3. The SMILES string of the molecule is C=CC(=O)NC1CCCC1NC(=O)c1sc2nccc3c2c1NC(=O)N3C(/C=C/C)=C/N=CC. The largest absolute Gasteiger partial charge is 0.348 e. The van der Waals surface area contributed by atoms with E-state index < -0.39 is 0 Å². The lowest BCUT2D eigenvalue weighted by Crippen LogP contribution is -2.48. The van der Waals surface area contributed by atoms with E-state index in [4.69, 9.17) is 0 Å². The molecule has 9 nitrogen and oxygen atoms in total. The molecule has 3 heterocycles. The summed E-state index contributed by atoms with van der Waals surface area (Å²) in [5.74, 6) is -0.566. The molecular weight excluding hydrogens is 452 g/mol. The second-order valence-electron chi connectivity index (χ2n) is 7.87. The zero-order valence-corrected chi connectivity index (χ0v) is 19.8. The third kappa shape index (κ3) is 4.36. The van der Waals surface area contributed by atoms with Crippen LogP contribution in [0.1, 0.15) is 42.8 Å². The first kappa shape index (κ1) is 23.4. The smallest absolute Gasteiger partial charge is 0.331 e. The second kappa shape index (κ2) is 10.0. The highest BCUT2D eigenvalue weighted by Gasteiger charge is 2.35. The molecule has 2 aromatic rings. The minimum absolute atomic E-state index is 0.161. The van der Waals surface area contributed by atoms with Crippen molar-refractivity contribution in [1.29, 1.82) is 0 Å². The predicted molar refractivity (Wildman–Crippen MR) is 135 cm³/mol. The summed E-state index contributed by atoms with van der Waals surface area (Å²) >= 11 is 1.23. The van der Waals surface area contributed by atoms with Gasteiger partial charge in [0.1, 0.15) is 9.71 Å². The van der Waals surface area contributed by atoms with Crippen molar-refractivity contribution in [2.45, 2.75) is 45.2 Å². The monoisotopic (exact) mass is 478 g/mol. The molecule has 1 aliphatic carbocycles. The number of carbonyl (C=O) groups excluding carboxylic acids is 3. The Bertz CT molecular complexity index is 1240. The number of anilines is 2. The Morgan fingerprint density at radius 1 is 1.29 bits per heavy atom. The molecule has 4 rings (SSSR count). The maximum Gasteiger partial charge on any atom is 0.331 e. The molecule has 4 amide bonds. The van der Waals surface area contributed by atoms with E-state index in [1.165, 1.54) is 22.3 Å². The van der Waals surface area contributed by atoms with Gasteiger partial charge in [-0.1, -0.05) is 12.7 Å². The second-order valence-corrected chi connectivity index (χ2v) is 8.87. The zero-order chi connectivity index (χ0) is 24.2. The van der Waals surface area contributed by atoms with Crippen LogP contribution in [0.2, 0.25) is 0 Å². The van der Waals surface area contributed by atoms with Crippen LogP contribution in [0.15, 0.2) is 54.0 Å². The van der Waals surface area contributed by atoms with Crippen molar-refractivity contribution >= 4 is 57.0 Å². The lowest BCUT2D eigenvalue weighted by molar-refractivity contribution is -0.117. The molecule has 1 aliphatic heterocycles. The van der Waals surface area contributed by atoms with Crippen LogP contribution in [0.25, 0.3) is 10.2 Å². The van der Waals surface area contributed by atoms with E-state index in [0.29, 0.717) is 32.2 Å². The molecule has 0 spiro atoms. The fourth-order valence-corrected chi connectivity index (χ4v) is 5.30. The van der Waals surface area contributed by atoms with Crippen LogP contribution in [-0.4, -0.2) is 41.1 Å². The molecule has 10 heteroatoms. The van der Waals surface area contributed by atoms with E-state index in [1.807, 2.05) is 13.0 Å². The number of hydrogen-bond acceptors (Lipinski definition) is 6. The third-order valence-electron chi connectivity index (χ3n) is 5.75. The normalized spacial score (nSPS) is 20.2. The van der Waals surface area contributed by atoms with Crippen molar-refractivity contribution in [3.8, 4) is 0 Å². The molecule has 3 N–H and O–H groups in total. The molecule has 1 saturated carbocycles. The van der Waals surface area contributed by atoms with Crippen LogP contribution < -0.4 is 20.9 Å². The summed E-state index contributed by atoms with van der Waals surface area (Å²) in [6.45, 7) is 7.14. The molecule has 2 aliphatic rings. The fraction of sp³-hybridized carbons (Fsp3) is 0.292. The van der Waals surface area contributed by atoms with E-state index >= 15 is 0 Å². The molecule has 176 valence electrons. The number of amides is 4. The highest BCUT2D eigenvalue weighted by Crippen LogP contribution is 2.44. The van der Waals surface area contributed by atoms with Gasteiger partial charge in [0.25, 0.3) is 5.91 Å². The number of rotatable bonds is 7. The first-order chi connectivity index (χ1) is 16.5. The van der Waals surface area contributed by atoms with Gasteiger partial charge in [-0.2, -0.15) is 0 Å². The van der Waals surface area contributed by atoms with Gasteiger partial charge in [0.15, 0.2) is 0 Å². The topological polar surface area (TPSA) is 116 Å². The first-order valence-electron chi connectivity index (χ1n) is 11.1. The number of aromatic nitrogens is 1. The molecule has 0 bridgehead atoms. The van der Waals surface area contributed by atoms with Crippen molar-refractivity contribution < 1.29 is 14.4 Å². The summed E-state index contributed by atoms with van der Waals surface area (Å²) in [4.78, 5) is 49.4. The Morgan fingerprint density at radius 2 is 2.06 bits per heavy atom. The quantitative estimate of drug-likeness (QED) is 0.315. The van der Waals surface area contributed by atoms with Gasteiger partial charge in [0.05, 0.1) is 28.7 Å². The third-order valence-corrected chi connectivity index (χ3v) is 6.85. The molecule has 0 aromatic carbocycles. The lowest BCUT2D eigenvalue weighted by atomic mass is 10.1. The van der Waals surface area contributed by atoms with Crippen molar-refractivity contribution in [3.05, 3.63) is 53.8 Å². The van der Waals surface area contributed by atoms with Gasteiger partial charge in [0.2, 0.25) is 5.91 Å². The van der Waals surface area contributed by atoms with Crippen molar-refractivity contribution in [2.75, 3.05) is 10.2 Å². The summed E-state index contributed by atoms with van der Waals surface area (Å²) in [5, 5.41) is 9.51. The molecule has 2 aromatic heterocycles. The van der Waals surface area contributed by atoms with E-state index in [-0.39, 0.29) is 29.9 Å². The Labute approximate surface area is 201 Å². The zero-order valence-electron chi connectivity index (χ0n) is 19.0. The molecule has 1 fully saturated rings. The average molecular weight is 479 g/mol. The van der Waals surface area contributed by atoms with Crippen molar-refractivity contribution in [2.24, 2.45) is 4.99 Å². The highest BCUT2D eigenvalue weighted by atomic mass is 32.1. The molecule has 0 saturated heterocycles. The van der Waals surface area contributed by atoms with Crippen LogP contribution in [-0.2, 0) is 4.79 Å². The molecule has 0 radical (unpaired) electrons. The van der Waals surface area contributed by atoms with Gasteiger partial charge in [-0.15, -0.1) is 11.3 Å². The summed E-state index contributed by atoms with van der Waals surface area (Å²) in [6, 6.07) is 1.00. The van der Waals surface area contributed by atoms with Crippen LogP contribution in [0.5, 0.6) is 0 Å². The van der Waals surface area contributed by atoms with Gasteiger partial charge >= 0.3 is 6.03 Å². The van der Waals surface area contributed by atoms with Crippen LogP contribution in [0, 0.1) is 0 Å². The molecule has 2 atom stereocenters. The van der Waals surface area contributed by atoms with Gasteiger partial charge in [0, 0.05) is 24.5 Å². The van der Waals surface area contributed by atoms with Crippen molar-refractivity contribution in [3.63, 3.8) is 0 Å². The van der Waals surface area contributed by atoms with Crippen molar-refractivity contribution in [1.82, 2.24) is 15.6 Å². The van der Waals surface area contributed by atoms with Gasteiger partial charge in [-0.25, -0.2) is 9.78 Å². The summed E-state index contributed by atoms with van der Waals surface area (Å²) in [7, 11) is 0. The predicted octanol–water partition coefficient (Wildman–Crippen LogP) is 4.11. The number of allylic oxidation sites excluding steroid dienone is 2. The number of nitrogens with zero attached hydrogens (tertiary/aromatic N) is 3. The molecular formula is C24H26N6O3S. The van der Waals surface area contributed by atoms with E-state index in [9.17, 15) is 14.4 Å². The number of thiophene rings is 1. The molecule has 2 unspecified atom stereocenters. The molecule has 34 heavy (non-hydrogen) atoms. The number of aliphatic imine (C=N–C) groups is 1. The first-order valence-corrected chi connectivity index (χ1v) is 11.9. The van der Waals surface area contributed by atoms with E-state index in [0.717, 1.165) is 19.3 Å². The highest BCUT2D eigenvalue weighted by molar-refractivity contribution is 7.21. The Kier molecular flexibility index (Phi) is 6.87. The summed E-state index contributed by atoms with van der Waals surface area (Å²) in [6.07, 6.45) is 12.1. The maximum atomic E-state index is 13.3. The average Bonchev–Trinajstić information content (AvgIpc) is 3.42. The number of carbonyl (C=O) groups is 3. The van der Waals surface area contributed by atoms with Crippen LogP contribution in [0.3, 0.4) is 0 Å². The number of urea groups is 1. The fourth-order valence-electron chi connectivity index (χ4n) is 4.28.